The first kappa shape index (κ1) is 21.3. The van der Waals surface area contributed by atoms with Crippen molar-refractivity contribution >= 4 is 28.2 Å². The summed E-state index contributed by atoms with van der Waals surface area (Å²) in [5, 5.41) is 13.1. The van der Waals surface area contributed by atoms with E-state index in [4.69, 9.17) is 4.74 Å². The monoisotopic (exact) mass is 451 g/mol. The van der Waals surface area contributed by atoms with Crippen LogP contribution < -0.4 is 4.74 Å². The van der Waals surface area contributed by atoms with Crippen LogP contribution in [0.2, 0.25) is 0 Å². The number of nitrogens with zero attached hydrogens (tertiary/aromatic N) is 3. The van der Waals surface area contributed by atoms with E-state index in [0.717, 1.165) is 22.1 Å². The third kappa shape index (κ3) is 3.77. The molecule has 0 radical (unpaired) electrons. The molecule has 1 N–H and O–H groups in total. The number of rotatable bonds is 5. The Morgan fingerprint density at radius 3 is 2.47 bits per heavy atom. The summed E-state index contributed by atoms with van der Waals surface area (Å²) in [5.74, 6) is -0.884. The lowest BCUT2D eigenvalue weighted by Gasteiger charge is -2.25. The van der Waals surface area contributed by atoms with Crippen molar-refractivity contribution in [3.8, 4) is 5.75 Å². The first-order valence-electron chi connectivity index (χ1n) is 10.7. The summed E-state index contributed by atoms with van der Waals surface area (Å²) >= 11 is 0. The number of ketones is 1. The number of likely N-dealkylation sites (tertiary alicyclic amines) is 1. The Morgan fingerprint density at radius 2 is 1.74 bits per heavy atom. The smallest absolute Gasteiger partial charge is 0.295 e. The minimum absolute atomic E-state index is 0.0490. The second-order valence-corrected chi connectivity index (χ2v) is 8.00. The number of fused-ring (bicyclic) bond motifs is 1. The summed E-state index contributed by atoms with van der Waals surface area (Å²) in [6.45, 7) is 0.180. The van der Waals surface area contributed by atoms with E-state index in [-0.39, 0.29) is 17.9 Å². The Hall–Kier alpha value is -4.52. The second kappa shape index (κ2) is 8.78. The Balaban J connectivity index is 1.63. The number of ether oxygens (including phenoxy) is 1. The third-order valence-electron chi connectivity index (χ3n) is 5.96. The largest absolute Gasteiger partial charge is 0.507 e. The van der Waals surface area contributed by atoms with Gasteiger partial charge in [0.25, 0.3) is 11.7 Å². The number of hydrogen-bond donors (Lipinski definition) is 1. The van der Waals surface area contributed by atoms with Gasteiger partial charge in [-0.15, -0.1) is 0 Å². The van der Waals surface area contributed by atoms with E-state index in [9.17, 15) is 14.7 Å². The summed E-state index contributed by atoms with van der Waals surface area (Å²) in [6, 6.07) is 17.3. The molecule has 3 heterocycles. The van der Waals surface area contributed by atoms with Crippen LogP contribution in [-0.4, -0.2) is 38.8 Å². The molecule has 2 aromatic carbocycles. The molecule has 1 amide bonds. The first-order chi connectivity index (χ1) is 16.6. The van der Waals surface area contributed by atoms with Gasteiger partial charge in [-0.3, -0.25) is 19.6 Å². The van der Waals surface area contributed by atoms with Crippen molar-refractivity contribution in [1.82, 2.24) is 14.9 Å². The van der Waals surface area contributed by atoms with Gasteiger partial charge in [0.2, 0.25) is 0 Å². The van der Waals surface area contributed by atoms with E-state index in [1.807, 2.05) is 30.3 Å². The van der Waals surface area contributed by atoms with Crippen LogP contribution in [0.1, 0.15) is 22.7 Å². The van der Waals surface area contributed by atoms with Crippen LogP contribution in [0.3, 0.4) is 0 Å². The second-order valence-electron chi connectivity index (χ2n) is 8.00. The average Bonchev–Trinajstić information content (AvgIpc) is 3.13. The van der Waals surface area contributed by atoms with Crippen molar-refractivity contribution in [3.63, 3.8) is 0 Å². The highest BCUT2D eigenvalue weighted by molar-refractivity contribution is 6.46. The molecule has 1 saturated heterocycles. The molecule has 4 aromatic rings. The highest BCUT2D eigenvalue weighted by atomic mass is 16.5. The molecule has 7 nitrogen and oxygen atoms in total. The van der Waals surface area contributed by atoms with Crippen molar-refractivity contribution < 1.29 is 19.4 Å². The number of Topliss-reactive ketones (excluding diaryl/α,β-unsaturated/α-hetero) is 1. The van der Waals surface area contributed by atoms with E-state index in [1.165, 1.54) is 4.90 Å². The Kier molecular flexibility index (Phi) is 5.51. The fraction of sp³-hybridized carbons (Fsp3) is 0.111. The fourth-order valence-electron chi connectivity index (χ4n) is 4.28. The number of aliphatic hydroxyl groups is 1. The molecular weight excluding hydrogens is 430 g/mol. The van der Waals surface area contributed by atoms with Crippen molar-refractivity contribution in [2.45, 2.75) is 12.6 Å². The molecule has 1 atom stereocenters. The summed E-state index contributed by atoms with van der Waals surface area (Å²) in [6.07, 6.45) is 6.50. The van der Waals surface area contributed by atoms with Crippen LogP contribution in [0, 0.1) is 0 Å². The maximum absolute atomic E-state index is 13.2. The fourth-order valence-corrected chi connectivity index (χ4v) is 4.28. The number of benzene rings is 2. The molecule has 1 aliphatic rings. The van der Waals surface area contributed by atoms with Crippen LogP contribution >= 0.6 is 0 Å². The van der Waals surface area contributed by atoms with Crippen LogP contribution in [0.25, 0.3) is 16.5 Å². The van der Waals surface area contributed by atoms with E-state index < -0.39 is 17.7 Å². The van der Waals surface area contributed by atoms with Gasteiger partial charge in [-0.1, -0.05) is 24.3 Å². The zero-order valence-corrected chi connectivity index (χ0v) is 18.4. The van der Waals surface area contributed by atoms with Crippen LogP contribution in [0.4, 0.5) is 0 Å². The Morgan fingerprint density at radius 1 is 0.971 bits per heavy atom. The van der Waals surface area contributed by atoms with Crippen LogP contribution in [-0.2, 0) is 16.1 Å². The van der Waals surface area contributed by atoms with Gasteiger partial charge in [-0.2, -0.15) is 0 Å². The predicted octanol–water partition coefficient (Wildman–Crippen LogP) is 4.26. The SMILES string of the molecule is COc1ccc2cc(/C(O)=C3\C(=O)C(=O)N(Cc4cccnc4)C3c3ccncc3)ccc2c1. The molecule has 0 aliphatic carbocycles. The third-order valence-corrected chi connectivity index (χ3v) is 5.96. The molecule has 1 unspecified atom stereocenters. The molecule has 1 fully saturated rings. The Bertz CT molecular complexity index is 1420. The molecule has 34 heavy (non-hydrogen) atoms. The average molecular weight is 451 g/mol. The van der Waals surface area contributed by atoms with Crippen LogP contribution in [0.15, 0.2) is 91.0 Å². The number of aromatic nitrogens is 2. The number of carbonyl (C=O) groups is 2. The lowest BCUT2D eigenvalue weighted by molar-refractivity contribution is -0.140. The van der Waals surface area contributed by atoms with Crippen molar-refractivity contribution in [2.24, 2.45) is 0 Å². The van der Waals surface area contributed by atoms with E-state index in [1.54, 1.807) is 62.2 Å². The summed E-state index contributed by atoms with van der Waals surface area (Å²) in [7, 11) is 1.60. The molecule has 168 valence electrons. The van der Waals surface area contributed by atoms with Crippen molar-refractivity contribution in [2.75, 3.05) is 7.11 Å². The van der Waals surface area contributed by atoms with Gasteiger partial charge in [0, 0.05) is 36.9 Å². The molecule has 0 bridgehead atoms. The normalized spacial score (nSPS) is 17.3. The molecule has 1 aliphatic heterocycles. The number of hydrogen-bond acceptors (Lipinski definition) is 6. The first-order valence-corrected chi connectivity index (χ1v) is 10.7. The van der Waals surface area contributed by atoms with Gasteiger partial charge >= 0.3 is 0 Å². The number of carbonyl (C=O) groups excluding carboxylic acids is 2. The molecule has 7 heteroatoms. The Labute approximate surface area is 196 Å². The van der Waals surface area contributed by atoms with Crippen molar-refractivity contribution in [3.05, 3.63) is 108 Å². The number of pyridine rings is 2. The minimum Gasteiger partial charge on any atom is -0.507 e. The standard InChI is InChI=1S/C27H21N3O4/c1-34-22-7-6-19-13-21(5-4-20(19)14-22)25(31)23-24(18-8-11-28-12-9-18)30(27(33)26(23)32)16-17-3-2-10-29-15-17/h2-15,24,31H,16H2,1H3/b25-23+. The molecular formula is C27H21N3O4. The van der Waals surface area contributed by atoms with Gasteiger partial charge in [-0.05, 0) is 58.3 Å². The predicted molar refractivity (Wildman–Crippen MR) is 127 cm³/mol. The van der Waals surface area contributed by atoms with E-state index >= 15 is 0 Å². The summed E-state index contributed by atoms with van der Waals surface area (Å²) < 4.78 is 5.27. The molecule has 0 saturated carbocycles. The van der Waals surface area contributed by atoms with Gasteiger partial charge in [0.05, 0.1) is 18.7 Å². The van der Waals surface area contributed by atoms with E-state index in [2.05, 4.69) is 9.97 Å². The van der Waals surface area contributed by atoms with Gasteiger partial charge in [0.15, 0.2) is 0 Å². The van der Waals surface area contributed by atoms with Crippen LogP contribution in [0.5, 0.6) is 5.75 Å². The lowest BCUT2D eigenvalue weighted by atomic mass is 9.95. The van der Waals surface area contributed by atoms with Crippen molar-refractivity contribution in [1.29, 1.82) is 0 Å². The number of amides is 1. The minimum atomic E-state index is -0.755. The van der Waals surface area contributed by atoms with Gasteiger partial charge in [-0.25, -0.2) is 0 Å². The topological polar surface area (TPSA) is 92.6 Å². The van der Waals surface area contributed by atoms with Gasteiger partial charge in [0.1, 0.15) is 11.5 Å². The highest BCUT2D eigenvalue weighted by Gasteiger charge is 2.46. The van der Waals surface area contributed by atoms with Gasteiger partial charge < -0.3 is 14.7 Å². The lowest BCUT2D eigenvalue weighted by Crippen LogP contribution is -2.29. The summed E-state index contributed by atoms with van der Waals surface area (Å²) in [4.78, 5) is 35.9. The maximum Gasteiger partial charge on any atom is 0.295 e. The van der Waals surface area contributed by atoms with E-state index in [0.29, 0.717) is 11.1 Å². The zero-order valence-electron chi connectivity index (χ0n) is 18.4. The summed E-state index contributed by atoms with van der Waals surface area (Å²) in [5.41, 5.74) is 1.97. The number of aliphatic hydroxyl groups excluding tert-OH is 1. The molecule has 2 aromatic heterocycles. The maximum atomic E-state index is 13.2. The zero-order chi connectivity index (χ0) is 23.7. The molecule has 5 rings (SSSR count). The quantitative estimate of drug-likeness (QED) is 0.277. The highest BCUT2D eigenvalue weighted by Crippen LogP contribution is 2.40. The number of methoxy groups -OCH3 is 1. The molecule has 0 spiro atoms.